The van der Waals surface area contributed by atoms with Crippen LogP contribution >= 0.6 is 0 Å². The van der Waals surface area contributed by atoms with Gasteiger partial charge in [-0.1, -0.05) is 27.2 Å². The van der Waals surface area contributed by atoms with Gasteiger partial charge in [0, 0.05) is 11.8 Å². The van der Waals surface area contributed by atoms with E-state index in [0.717, 1.165) is 18.4 Å². The van der Waals surface area contributed by atoms with E-state index in [1.54, 1.807) is 12.4 Å². The highest BCUT2D eigenvalue weighted by molar-refractivity contribution is 5.07. The van der Waals surface area contributed by atoms with Crippen molar-refractivity contribution in [2.45, 2.75) is 39.7 Å². The molecule has 1 aromatic heterocycles. The van der Waals surface area contributed by atoms with Crippen LogP contribution in [0.3, 0.4) is 0 Å². The Morgan fingerprint density at radius 3 is 2.77 bits per heavy atom. The molecule has 0 amide bonds. The lowest BCUT2D eigenvalue weighted by Crippen LogP contribution is -2.14. The summed E-state index contributed by atoms with van der Waals surface area (Å²) in [6.45, 7) is 6.47. The van der Waals surface area contributed by atoms with Crippen LogP contribution in [0.25, 0.3) is 0 Å². The molecule has 74 valence electrons. The Morgan fingerprint density at radius 1 is 1.62 bits per heavy atom. The van der Waals surface area contributed by atoms with Crippen LogP contribution in [-0.2, 0) is 0 Å². The van der Waals surface area contributed by atoms with Crippen molar-refractivity contribution in [3.05, 3.63) is 18.0 Å². The number of rotatable bonds is 4. The lowest BCUT2D eigenvalue weighted by atomic mass is 9.83. The Bertz CT molecular complexity index is 241. The Balaban J connectivity index is 2.56. The predicted molar refractivity (Wildman–Crippen MR) is 52.2 cm³/mol. The first kappa shape index (κ1) is 10.3. The number of nitrogens with zero attached hydrogens (tertiary/aromatic N) is 1. The Kier molecular flexibility index (Phi) is 3.09. The molecule has 0 spiro atoms. The van der Waals surface area contributed by atoms with E-state index >= 15 is 0 Å². The molecule has 0 aromatic carbocycles. The van der Waals surface area contributed by atoms with Crippen LogP contribution in [0.4, 0.5) is 0 Å². The van der Waals surface area contributed by atoms with Gasteiger partial charge in [-0.3, -0.25) is 5.10 Å². The van der Waals surface area contributed by atoms with E-state index in [-0.39, 0.29) is 5.41 Å². The van der Waals surface area contributed by atoms with Gasteiger partial charge in [-0.2, -0.15) is 5.10 Å². The van der Waals surface area contributed by atoms with Gasteiger partial charge in [0.15, 0.2) is 0 Å². The van der Waals surface area contributed by atoms with Crippen molar-refractivity contribution in [3.63, 3.8) is 0 Å². The zero-order chi connectivity index (χ0) is 9.90. The average Bonchev–Trinajstić information content (AvgIpc) is 2.55. The summed E-state index contributed by atoms with van der Waals surface area (Å²) in [6.07, 6.45) is 4.88. The summed E-state index contributed by atoms with van der Waals surface area (Å²) in [4.78, 5) is 0. The fourth-order valence-electron chi connectivity index (χ4n) is 1.23. The number of aliphatic hydroxyl groups excluding tert-OH is 1. The molecule has 0 radical (unpaired) electrons. The molecule has 0 saturated carbocycles. The van der Waals surface area contributed by atoms with Gasteiger partial charge < -0.3 is 5.11 Å². The number of aromatic amines is 1. The fraction of sp³-hybridized carbons (Fsp3) is 0.700. The van der Waals surface area contributed by atoms with Crippen molar-refractivity contribution in [1.29, 1.82) is 0 Å². The molecule has 0 fully saturated rings. The molecule has 0 bridgehead atoms. The molecule has 3 heteroatoms. The highest BCUT2D eigenvalue weighted by Crippen LogP contribution is 2.31. The number of aliphatic hydroxyl groups is 1. The molecule has 0 saturated heterocycles. The van der Waals surface area contributed by atoms with Crippen LogP contribution in [0.2, 0.25) is 0 Å². The second-order valence-corrected chi connectivity index (χ2v) is 4.27. The number of hydrogen-bond acceptors (Lipinski definition) is 2. The average molecular weight is 182 g/mol. The van der Waals surface area contributed by atoms with E-state index in [0.29, 0.717) is 0 Å². The molecule has 3 nitrogen and oxygen atoms in total. The Morgan fingerprint density at radius 2 is 2.31 bits per heavy atom. The molecule has 0 aliphatic heterocycles. The summed E-state index contributed by atoms with van der Waals surface area (Å²) >= 11 is 0. The van der Waals surface area contributed by atoms with E-state index in [4.69, 9.17) is 0 Å². The van der Waals surface area contributed by atoms with Gasteiger partial charge in [-0.15, -0.1) is 0 Å². The molecule has 1 rings (SSSR count). The minimum absolute atomic E-state index is 0.191. The van der Waals surface area contributed by atoms with Crippen molar-refractivity contribution in [1.82, 2.24) is 10.2 Å². The second-order valence-electron chi connectivity index (χ2n) is 4.27. The van der Waals surface area contributed by atoms with Gasteiger partial charge in [0.25, 0.3) is 0 Å². The Hall–Kier alpha value is -0.830. The van der Waals surface area contributed by atoms with Crippen LogP contribution in [0, 0.1) is 5.41 Å². The van der Waals surface area contributed by atoms with Crippen molar-refractivity contribution in [3.8, 4) is 0 Å². The maximum absolute atomic E-state index is 9.82. The quantitative estimate of drug-likeness (QED) is 0.750. The summed E-state index contributed by atoms with van der Waals surface area (Å²) in [5, 5.41) is 16.3. The van der Waals surface area contributed by atoms with Gasteiger partial charge in [0.2, 0.25) is 0 Å². The molecule has 0 aliphatic rings. The number of nitrogens with one attached hydrogen (secondary N) is 1. The topological polar surface area (TPSA) is 48.9 Å². The van der Waals surface area contributed by atoms with Crippen LogP contribution in [0.5, 0.6) is 0 Å². The van der Waals surface area contributed by atoms with E-state index < -0.39 is 6.10 Å². The predicted octanol–water partition coefficient (Wildman–Crippen LogP) is 2.27. The van der Waals surface area contributed by atoms with E-state index in [1.165, 1.54) is 0 Å². The van der Waals surface area contributed by atoms with Crippen molar-refractivity contribution in [2.24, 2.45) is 5.41 Å². The molecule has 1 atom stereocenters. The van der Waals surface area contributed by atoms with E-state index in [9.17, 15) is 5.11 Å². The van der Waals surface area contributed by atoms with Crippen molar-refractivity contribution in [2.75, 3.05) is 0 Å². The van der Waals surface area contributed by atoms with Gasteiger partial charge >= 0.3 is 0 Å². The van der Waals surface area contributed by atoms with Gasteiger partial charge in [-0.05, 0) is 11.8 Å². The first-order chi connectivity index (χ1) is 6.05. The summed E-state index contributed by atoms with van der Waals surface area (Å²) in [5.74, 6) is 0. The molecule has 0 aliphatic carbocycles. The highest BCUT2D eigenvalue weighted by Gasteiger charge is 2.21. The molecule has 1 heterocycles. The maximum Gasteiger partial charge on any atom is 0.0825 e. The molecule has 1 unspecified atom stereocenters. The van der Waals surface area contributed by atoms with Crippen molar-refractivity contribution < 1.29 is 5.11 Å². The number of aromatic nitrogens is 2. The summed E-state index contributed by atoms with van der Waals surface area (Å²) in [7, 11) is 0. The molecular formula is C10H18N2O. The third kappa shape index (κ3) is 2.84. The van der Waals surface area contributed by atoms with Gasteiger partial charge in [0.05, 0.1) is 12.3 Å². The minimum Gasteiger partial charge on any atom is -0.388 e. The van der Waals surface area contributed by atoms with E-state index in [1.807, 2.05) is 0 Å². The lowest BCUT2D eigenvalue weighted by molar-refractivity contribution is 0.112. The lowest BCUT2D eigenvalue weighted by Gasteiger charge is -2.25. The van der Waals surface area contributed by atoms with Gasteiger partial charge in [0.1, 0.15) is 0 Å². The Labute approximate surface area is 79.2 Å². The largest absolute Gasteiger partial charge is 0.388 e. The first-order valence-electron chi connectivity index (χ1n) is 4.72. The summed E-state index contributed by atoms with van der Waals surface area (Å²) in [6, 6.07) is 0. The maximum atomic E-state index is 9.82. The van der Waals surface area contributed by atoms with Crippen LogP contribution in [-0.4, -0.2) is 15.3 Å². The monoisotopic (exact) mass is 182 g/mol. The SMILES string of the molecule is CCC(C)(C)CC(O)c1cn[nH]c1. The van der Waals surface area contributed by atoms with Crippen molar-refractivity contribution >= 4 is 0 Å². The van der Waals surface area contributed by atoms with Crippen LogP contribution in [0.15, 0.2) is 12.4 Å². The molecule has 13 heavy (non-hydrogen) atoms. The summed E-state index contributed by atoms with van der Waals surface area (Å²) in [5.41, 5.74) is 1.07. The third-order valence-electron chi connectivity index (χ3n) is 2.61. The molecular weight excluding hydrogens is 164 g/mol. The zero-order valence-corrected chi connectivity index (χ0v) is 8.54. The standard InChI is InChI=1S/C10H18N2O/c1-4-10(2,3)5-9(13)8-6-11-12-7-8/h6-7,9,13H,4-5H2,1-3H3,(H,11,12). The fourth-order valence-corrected chi connectivity index (χ4v) is 1.23. The second kappa shape index (κ2) is 3.92. The van der Waals surface area contributed by atoms with Crippen LogP contribution < -0.4 is 0 Å². The molecule has 1 aromatic rings. The smallest absolute Gasteiger partial charge is 0.0825 e. The normalized spacial score (nSPS) is 14.5. The van der Waals surface area contributed by atoms with Gasteiger partial charge in [-0.25, -0.2) is 0 Å². The summed E-state index contributed by atoms with van der Waals surface area (Å²) < 4.78 is 0. The third-order valence-corrected chi connectivity index (χ3v) is 2.61. The van der Waals surface area contributed by atoms with E-state index in [2.05, 4.69) is 31.0 Å². The first-order valence-corrected chi connectivity index (χ1v) is 4.72. The minimum atomic E-state index is -0.395. The van der Waals surface area contributed by atoms with Crippen LogP contribution in [0.1, 0.15) is 45.3 Å². The number of hydrogen-bond donors (Lipinski definition) is 2. The molecule has 2 N–H and O–H groups in total. The zero-order valence-electron chi connectivity index (χ0n) is 8.54. The highest BCUT2D eigenvalue weighted by atomic mass is 16.3. The number of H-pyrrole nitrogens is 1.